The predicted molar refractivity (Wildman–Crippen MR) is 46.9 cm³/mol. The van der Waals surface area contributed by atoms with Crippen molar-refractivity contribution in [3.8, 4) is 0 Å². The van der Waals surface area contributed by atoms with Gasteiger partial charge in [0.15, 0.2) is 9.39 Å². The fourth-order valence-electron chi connectivity index (χ4n) is 0.746. The predicted octanol–water partition coefficient (Wildman–Crippen LogP) is 0.317. The van der Waals surface area contributed by atoms with Gasteiger partial charge in [-0.15, -0.1) is 0 Å². The van der Waals surface area contributed by atoms with Crippen LogP contribution < -0.4 is 0 Å². The monoisotopic (exact) mass is 185 g/mol. The summed E-state index contributed by atoms with van der Waals surface area (Å²) in [4.78, 5) is 0.390. The molecule has 0 unspecified atom stereocenters. The summed E-state index contributed by atoms with van der Waals surface area (Å²) >= 11 is 0. The average molecular weight is 185 g/mol. The largest absolute Gasteiger partial charge is 0.232 e. The number of benzene rings is 1. The summed E-state index contributed by atoms with van der Waals surface area (Å²) < 4.78 is 21.9. The van der Waals surface area contributed by atoms with Crippen molar-refractivity contribution in [2.45, 2.75) is 11.8 Å². The molecular weight excluding hydrogens is 176 g/mol. The van der Waals surface area contributed by atoms with Gasteiger partial charge in [0.05, 0.1) is 4.90 Å². The zero-order valence-corrected chi connectivity index (χ0v) is 8.47. The molecule has 1 radical (unpaired) electrons. The van der Waals surface area contributed by atoms with Gasteiger partial charge in [0.2, 0.25) is 0 Å². The molecule has 0 saturated carbocycles. The van der Waals surface area contributed by atoms with E-state index in [1.165, 1.54) is 0 Å². The second-order valence-corrected chi connectivity index (χ2v) is 6.41. The van der Waals surface area contributed by atoms with E-state index >= 15 is 0 Å². The van der Waals surface area contributed by atoms with Crippen molar-refractivity contribution in [2.24, 2.45) is 0 Å². The Labute approximate surface area is 69.2 Å². The summed E-state index contributed by atoms with van der Waals surface area (Å²) in [5.74, 6) is 0. The second-order valence-electron chi connectivity index (χ2n) is 2.43. The Hall–Kier alpha value is -0.613. The lowest BCUT2D eigenvalue weighted by Crippen LogP contribution is -1.98. The van der Waals surface area contributed by atoms with Crippen LogP contribution in [0.15, 0.2) is 29.2 Å². The van der Waals surface area contributed by atoms with Crippen molar-refractivity contribution in [1.82, 2.24) is 0 Å². The fourth-order valence-corrected chi connectivity index (χ4v) is 1.87. The highest BCUT2D eigenvalue weighted by Crippen LogP contribution is 2.08. The van der Waals surface area contributed by atoms with Gasteiger partial charge in [0.25, 0.3) is 0 Å². The SMILES string of the molecule is Cc1ccc(S(=O)(=O)[SiH2])cc1. The molecule has 0 aliphatic carbocycles. The third kappa shape index (κ3) is 2.16. The highest BCUT2D eigenvalue weighted by Gasteiger charge is 2.03. The first kappa shape index (κ1) is 8.48. The van der Waals surface area contributed by atoms with Crippen molar-refractivity contribution in [3.63, 3.8) is 0 Å². The molecule has 0 atom stereocenters. The smallest absolute Gasteiger partial charge is 0.174 e. The minimum atomic E-state index is -2.99. The van der Waals surface area contributed by atoms with Gasteiger partial charge < -0.3 is 0 Å². The van der Waals surface area contributed by atoms with Gasteiger partial charge in [0.1, 0.15) is 9.29 Å². The molecule has 59 valence electrons. The molecule has 1 aromatic rings. The molecule has 2 nitrogen and oxygen atoms in total. The Kier molecular flexibility index (Phi) is 2.15. The first-order valence-electron chi connectivity index (χ1n) is 3.15. The van der Waals surface area contributed by atoms with Crippen LogP contribution in [-0.4, -0.2) is 17.8 Å². The van der Waals surface area contributed by atoms with Crippen molar-refractivity contribution in [1.29, 1.82) is 0 Å². The molecule has 4 heteroatoms. The van der Waals surface area contributed by atoms with E-state index in [1.54, 1.807) is 24.3 Å². The van der Waals surface area contributed by atoms with E-state index in [2.05, 4.69) is 0 Å². The molecule has 0 fully saturated rings. The van der Waals surface area contributed by atoms with Crippen LogP contribution in [0.4, 0.5) is 0 Å². The highest BCUT2D eigenvalue weighted by atomic mass is 32.4. The molecule has 0 bridgehead atoms. The van der Waals surface area contributed by atoms with E-state index in [-0.39, 0.29) is 0 Å². The standard InChI is InChI=1S/C7H9O2SSi/c1-6-2-4-7(5-3-6)10(8,9)11/h2-5H,11H2,1H3. The Morgan fingerprint density at radius 2 is 1.64 bits per heavy atom. The minimum Gasteiger partial charge on any atom is -0.232 e. The molecule has 0 aliphatic heterocycles. The maximum Gasteiger partial charge on any atom is 0.174 e. The van der Waals surface area contributed by atoms with Crippen LogP contribution in [0.25, 0.3) is 0 Å². The van der Waals surface area contributed by atoms with Gasteiger partial charge in [-0.3, -0.25) is 0 Å². The average Bonchev–Trinajstić information content (AvgIpc) is 1.86. The molecule has 1 rings (SSSR count). The fraction of sp³-hybridized carbons (Fsp3) is 0.143. The highest BCUT2D eigenvalue weighted by molar-refractivity contribution is 8.12. The van der Waals surface area contributed by atoms with Crippen LogP contribution in [0.3, 0.4) is 0 Å². The Bertz CT molecular complexity index is 339. The van der Waals surface area contributed by atoms with Gasteiger partial charge in [-0.05, 0) is 19.1 Å². The van der Waals surface area contributed by atoms with E-state index in [1.807, 2.05) is 6.92 Å². The van der Waals surface area contributed by atoms with Crippen LogP contribution in [0, 0.1) is 6.92 Å². The van der Waals surface area contributed by atoms with Gasteiger partial charge in [0, 0.05) is 0 Å². The number of aryl methyl sites for hydroxylation is 1. The zero-order valence-electron chi connectivity index (χ0n) is 6.24. The summed E-state index contributed by atoms with van der Waals surface area (Å²) in [7, 11) is -1.99. The van der Waals surface area contributed by atoms with Crippen molar-refractivity contribution in [3.05, 3.63) is 29.8 Å². The van der Waals surface area contributed by atoms with E-state index in [0.29, 0.717) is 4.90 Å². The molecule has 11 heavy (non-hydrogen) atoms. The van der Waals surface area contributed by atoms with Crippen molar-refractivity contribution >= 4 is 18.7 Å². The zero-order chi connectivity index (χ0) is 8.48. The Morgan fingerprint density at radius 3 is 2.00 bits per heavy atom. The number of rotatable bonds is 1. The first-order chi connectivity index (χ1) is 5.00. The minimum absolute atomic E-state index is 0.390. The summed E-state index contributed by atoms with van der Waals surface area (Å²) in [6.45, 7) is 1.92. The summed E-state index contributed by atoms with van der Waals surface area (Å²) in [6.07, 6.45) is 0. The van der Waals surface area contributed by atoms with Crippen LogP contribution in [0.1, 0.15) is 5.56 Å². The third-order valence-corrected chi connectivity index (χ3v) is 3.37. The normalized spacial score (nSPS) is 11.5. The van der Waals surface area contributed by atoms with E-state index in [4.69, 9.17) is 0 Å². The topological polar surface area (TPSA) is 34.1 Å². The van der Waals surface area contributed by atoms with Crippen LogP contribution in [0.2, 0.25) is 0 Å². The second kappa shape index (κ2) is 2.79. The Balaban J connectivity index is 3.20. The van der Waals surface area contributed by atoms with Gasteiger partial charge in [-0.1, -0.05) is 17.7 Å². The van der Waals surface area contributed by atoms with Gasteiger partial charge in [-0.2, -0.15) is 0 Å². The Morgan fingerprint density at radius 1 is 1.18 bits per heavy atom. The molecular formula is C7H9O2SSi. The van der Waals surface area contributed by atoms with Crippen LogP contribution in [0.5, 0.6) is 0 Å². The van der Waals surface area contributed by atoms with Crippen molar-refractivity contribution in [2.75, 3.05) is 0 Å². The summed E-state index contributed by atoms with van der Waals surface area (Å²) in [5.41, 5.74) is 1.07. The maximum atomic E-state index is 11.0. The van der Waals surface area contributed by atoms with E-state index in [9.17, 15) is 8.42 Å². The van der Waals surface area contributed by atoms with Crippen LogP contribution >= 0.6 is 0 Å². The molecule has 0 amide bonds. The number of hydrogen-bond acceptors (Lipinski definition) is 2. The summed E-state index contributed by atoms with van der Waals surface area (Å²) in [6, 6.07) is 6.83. The lowest BCUT2D eigenvalue weighted by atomic mass is 10.2. The van der Waals surface area contributed by atoms with Crippen molar-refractivity contribution < 1.29 is 8.42 Å². The molecule has 0 aliphatic rings. The molecule has 0 spiro atoms. The third-order valence-electron chi connectivity index (χ3n) is 1.38. The van der Waals surface area contributed by atoms with Crippen LogP contribution in [-0.2, 0) is 9.29 Å². The lowest BCUT2D eigenvalue weighted by Gasteiger charge is -1.97. The number of hydrogen-bond donors (Lipinski definition) is 0. The molecule has 1 aromatic carbocycles. The lowest BCUT2D eigenvalue weighted by molar-refractivity contribution is 0.609. The van der Waals surface area contributed by atoms with Gasteiger partial charge in [-0.25, -0.2) is 8.42 Å². The van der Waals surface area contributed by atoms with Gasteiger partial charge >= 0.3 is 0 Å². The van der Waals surface area contributed by atoms with E-state index < -0.39 is 9.29 Å². The molecule has 0 N–H and O–H groups in total. The summed E-state index contributed by atoms with van der Waals surface area (Å²) in [5, 5.41) is 0. The first-order valence-corrected chi connectivity index (χ1v) is 6.53. The maximum absolute atomic E-state index is 11.0. The molecule has 0 heterocycles. The molecule has 0 saturated heterocycles. The molecule has 0 aromatic heterocycles. The quantitative estimate of drug-likeness (QED) is 0.590. The van der Waals surface area contributed by atoms with E-state index in [0.717, 1.165) is 15.0 Å².